The highest BCUT2D eigenvalue weighted by Crippen LogP contribution is 2.35. The third-order valence-electron chi connectivity index (χ3n) is 4.77. The number of amides is 1. The Morgan fingerprint density at radius 3 is 2.53 bits per heavy atom. The highest BCUT2D eigenvalue weighted by atomic mass is 32.1. The van der Waals surface area contributed by atoms with Gasteiger partial charge in [-0.1, -0.05) is 30.3 Å². The van der Waals surface area contributed by atoms with Crippen LogP contribution in [0.1, 0.15) is 22.2 Å². The number of carbonyl (C=O) groups excluding carboxylic acids is 1. The number of thiophene rings is 2. The summed E-state index contributed by atoms with van der Waals surface area (Å²) in [7, 11) is 0. The summed E-state index contributed by atoms with van der Waals surface area (Å²) >= 11 is 3.18. The Bertz CT molecular complexity index is 1240. The lowest BCUT2D eigenvalue weighted by molar-refractivity contribution is -0.133. The van der Waals surface area contributed by atoms with E-state index in [0.29, 0.717) is 12.1 Å². The van der Waals surface area contributed by atoms with Gasteiger partial charge in [0.25, 0.3) is 5.91 Å². The van der Waals surface area contributed by atoms with E-state index in [2.05, 4.69) is 15.5 Å². The molecule has 1 aromatic carbocycles. The number of rotatable bonds is 5. The van der Waals surface area contributed by atoms with E-state index in [9.17, 15) is 9.59 Å². The van der Waals surface area contributed by atoms with Gasteiger partial charge in [-0.05, 0) is 45.5 Å². The first-order chi connectivity index (χ1) is 14.7. The van der Waals surface area contributed by atoms with Crippen LogP contribution in [0.5, 0.6) is 0 Å². The van der Waals surface area contributed by atoms with E-state index in [-0.39, 0.29) is 18.5 Å². The van der Waals surface area contributed by atoms with Crippen LogP contribution in [-0.2, 0) is 11.3 Å². The van der Waals surface area contributed by atoms with Crippen LogP contribution < -0.4 is 5.69 Å². The average molecular weight is 437 g/mol. The molecule has 0 N–H and O–H groups in total. The van der Waals surface area contributed by atoms with Crippen molar-refractivity contribution in [2.45, 2.75) is 19.0 Å². The van der Waals surface area contributed by atoms with Crippen molar-refractivity contribution in [1.82, 2.24) is 24.8 Å². The zero-order valence-electron chi connectivity index (χ0n) is 15.7. The molecule has 1 aliphatic rings. The summed E-state index contributed by atoms with van der Waals surface area (Å²) in [5, 5.41) is 17.9. The summed E-state index contributed by atoms with van der Waals surface area (Å²) in [5.41, 5.74) is 0.998. The lowest BCUT2D eigenvalue weighted by Gasteiger charge is -2.20. The van der Waals surface area contributed by atoms with Crippen molar-refractivity contribution in [2.75, 3.05) is 0 Å². The standard InChI is InChI=1S/C20H16N6O2S2/c27-19(13-24-20(28)25(23-22-24)14-6-2-1-3-7-14)26-16(18-9-5-11-30-18)12-15(21-26)17-8-4-10-29-17/h1-11,16H,12-13H2/t16-/m1/s1. The number of hydrogen-bond donors (Lipinski definition) is 0. The largest absolute Gasteiger partial charge is 0.368 e. The fourth-order valence-corrected chi connectivity index (χ4v) is 4.87. The molecule has 0 aliphatic carbocycles. The van der Waals surface area contributed by atoms with Gasteiger partial charge in [0.2, 0.25) is 0 Å². The molecule has 0 radical (unpaired) electrons. The number of tetrazole rings is 1. The summed E-state index contributed by atoms with van der Waals surface area (Å²) in [6.45, 7) is -0.227. The van der Waals surface area contributed by atoms with Gasteiger partial charge in [0, 0.05) is 11.3 Å². The quantitative estimate of drug-likeness (QED) is 0.481. The van der Waals surface area contributed by atoms with Crippen molar-refractivity contribution in [3.8, 4) is 5.69 Å². The smallest absolute Gasteiger partial charge is 0.271 e. The number of nitrogens with zero attached hydrogens (tertiary/aromatic N) is 6. The Hall–Kier alpha value is -3.37. The van der Waals surface area contributed by atoms with Crippen LogP contribution >= 0.6 is 22.7 Å². The Morgan fingerprint density at radius 2 is 1.80 bits per heavy atom. The molecule has 0 unspecified atom stereocenters. The topological polar surface area (TPSA) is 85.4 Å². The molecule has 0 fully saturated rings. The average Bonchev–Trinajstić information content (AvgIpc) is 3.55. The van der Waals surface area contributed by atoms with Gasteiger partial charge in [0.05, 0.1) is 22.3 Å². The summed E-state index contributed by atoms with van der Waals surface area (Å²) in [6, 6.07) is 16.7. The van der Waals surface area contributed by atoms with Crippen molar-refractivity contribution in [3.63, 3.8) is 0 Å². The van der Waals surface area contributed by atoms with Crippen molar-refractivity contribution < 1.29 is 4.79 Å². The molecule has 30 heavy (non-hydrogen) atoms. The van der Waals surface area contributed by atoms with Crippen molar-refractivity contribution in [3.05, 3.63) is 85.6 Å². The van der Waals surface area contributed by atoms with E-state index in [0.717, 1.165) is 20.1 Å². The molecule has 0 saturated carbocycles. The molecular formula is C20H16N6O2S2. The molecule has 150 valence electrons. The van der Waals surface area contributed by atoms with Crippen LogP contribution in [0.4, 0.5) is 0 Å². The number of para-hydroxylation sites is 1. The number of hydrogen-bond acceptors (Lipinski definition) is 7. The van der Waals surface area contributed by atoms with E-state index in [4.69, 9.17) is 0 Å². The number of aromatic nitrogens is 4. The molecule has 0 bridgehead atoms. The Labute approximate surface area is 179 Å². The van der Waals surface area contributed by atoms with E-state index >= 15 is 0 Å². The van der Waals surface area contributed by atoms with Crippen LogP contribution in [0.15, 0.2) is 75.3 Å². The highest BCUT2D eigenvalue weighted by molar-refractivity contribution is 7.12. The van der Waals surface area contributed by atoms with Crippen LogP contribution in [0.2, 0.25) is 0 Å². The maximum absolute atomic E-state index is 13.1. The van der Waals surface area contributed by atoms with Gasteiger partial charge in [-0.2, -0.15) is 14.5 Å². The van der Waals surface area contributed by atoms with E-state index in [1.54, 1.807) is 34.8 Å². The zero-order chi connectivity index (χ0) is 20.5. The minimum Gasteiger partial charge on any atom is -0.271 e. The molecule has 8 nitrogen and oxygen atoms in total. The molecule has 1 aliphatic heterocycles. The van der Waals surface area contributed by atoms with Crippen LogP contribution in [0.3, 0.4) is 0 Å². The lowest BCUT2D eigenvalue weighted by Crippen LogP contribution is -2.34. The number of hydrazone groups is 1. The first-order valence-electron chi connectivity index (χ1n) is 9.26. The monoisotopic (exact) mass is 436 g/mol. The summed E-state index contributed by atoms with van der Waals surface area (Å²) in [5.74, 6) is -0.304. The minimum absolute atomic E-state index is 0.186. The minimum atomic E-state index is -0.469. The maximum atomic E-state index is 13.1. The van der Waals surface area contributed by atoms with Gasteiger partial charge >= 0.3 is 5.69 Å². The molecule has 4 heterocycles. The molecule has 0 spiro atoms. The molecule has 1 atom stereocenters. The van der Waals surface area contributed by atoms with Crippen molar-refractivity contribution >= 4 is 34.3 Å². The van der Waals surface area contributed by atoms with Gasteiger partial charge in [0.15, 0.2) is 0 Å². The van der Waals surface area contributed by atoms with Gasteiger partial charge in [-0.25, -0.2) is 9.80 Å². The predicted molar refractivity (Wildman–Crippen MR) is 115 cm³/mol. The second kappa shape index (κ2) is 7.81. The third kappa shape index (κ3) is 3.40. The van der Waals surface area contributed by atoms with E-state index in [1.807, 2.05) is 53.2 Å². The molecular weight excluding hydrogens is 420 g/mol. The second-order valence-corrected chi connectivity index (χ2v) is 8.59. The molecule has 5 rings (SSSR count). The zero-order valence-corrected chi connectivity index (χ0v) is 17.3. The first kappa shape index (κ1) is 18.6. The van der Waals surface area contributed by atoms with Crippen molar-refractivity contribution in [1.29, 1.82) is 0 Å². The van der Waals surface area contributed by atoms with Gasteiger partial charge in [-0.3, -0.25) is 4.79 Å². The van der Waals surface area contributed by atoms with Crippen LogP contribution in [0, 0.1) is 0 Å². The predicted octanol–water partition coefficient (Wildman–Crippen LogP) is 2.93. The SMILES string of the molecule is O=C(Cn1nnn(-c2ccccc2)c1=O)N1N=C(c2cccs2)C[C@@H]1c1cccs1. The van der Waals surface area contributed by atoms with Crippen LogP contribution in [0.25, 0.3) is 5.69 Å². The van der Waals surface area contributed by atoms with E-state index in [1.165, 1.54) is 9.69 Å². The molecule has 10 heteroatoms. The lowest BCUT2D eigenvalue weighted by atomic mass is 10.1. The van der Waals surface area contributed by atoms with Gasteiger partial charge in [0.1, 0.15) is 6.54 Å². The first-order valence-corrected chi connectivity index (χ1v) is 11.0. The fourth-order valence-electron chi connectivity index (χ4n) is 3.34. The second-order valence-electron chi connectivity index (χ2n) is 6.66. The molecule has 0 saturated heterocycles. The normalized spacial score (nSPS) is 16.1. The molecule has 1 amide bonds. The highest BCUT2D eigenvalue weighted by Gasteiger charge is 2.34. The van der Waals surface area contributed by atoms with Crippen molar-refractivity contribution in [2.24, 2.45) is 5.10 Å². The summed E-state index contributed by atoms with van der Waals surface area (Å²) in [6.07, 6.45) is 0.637. The summed E-state index contributed by atoms with van der Waals surface area (Å²) < 4.78 is 2.24. The Balaban J connectivity index is 1.43. The number of benzene rings is 1. The third-order valence-corrected chi connectivity index (χ3v) is 6.66. The molecule has 3 aromatic heterocycles. The maximum Gasteiger partial charge on any atom is 0.368 e. The van der Waals surface area contributed by atoms with E-state index < -0.39 is 5.69 Å². The Morgan fingerprint density at radius 1 is 1.00 bits per heavy atom. The fraction of sp³-hybridized carbons (Fsp3) is 0.150. The van der Waals surface area contributed by atoms with Gasteiger partial charge < -0.3 is 0 Å². The van der Waals surface area contributed by atoms with Gasteiger partial charge in [-0.15, -0.1) is 22.7 Å². The number of carbonyl (C=O) groups is 1. The summed E-state index contributed by atoms with van der Waals surface area (Å²) in [4.78, 5) is 27.9. The van der Waals surface area contributed by atoms with Crippen LogP contribution in [-0.4, -0.2) is 36.4 Å². The Kier molecular flexibility index (Phi) is 4.85. The molecule has 4 aromatic rings.